The van der Waals surface area contributed by atoms with Gasteiger partial charge in [-0.25, -0.2) is 4.39 Å². The van der Waals surface area contributed by atoms with Crippen molar-refractivity contribution in [3.05, 3.63) is 46.8 Å². The van der Waals surface area contributed by atoms with Crippen LogP contribution in [0.15, 0.2) is 24.5 Å². The summed E-state index contributed by atoms with van der Waals surface area (Å²) in [5.41, 5.74) is 0.875. The zero-order valence-electron chi connectivity index (χ0n) is 10.9. The van der Waals surface area contributed by atoms with E-state index >= 15 is 0 Å². The quantitative estimate of drug-likeness (QED) is 0.916. The second kappa shape index (κ2) is 6.12. The van der Waals surface area contributed by atoms with E-state index in [9.17, 15) is 4.39 Å². The lowest BCUT2D eigenvalue weighted by atomic mass is 10.1. The normalized spacial score (nSPS) is 12.6. The molecule has 4 nitrogen and oxygen atoms in total. The highest BCUT2D eigenvalue weighted by atomic mass is 35.5. The summed E-state index contributed by atoms with van der Waals surface area (Å²) in [6, 6.07) is 4.92. The molecule has 6 heteroatoms. The van der Waals surface area contributed by atoms with Gasteiger partial charge in [0.25, 0.3) is 0 Å². The maximum absolute atomic E-state index is 13.4. The van der Waals surface area contributed by atoms with E-state index in [2.05, 4.69) is 15.5 Å². The van der Waals surface area contributed by atoms with Crippen molar-refractivity contribution < 1.29 is 4.39 Å². The van der Waals surface area contributed by atoms with E-state index in [1.54, 1.807) is 12.4 Å². The molecule has 19 heavy (non-hydrogen) atoms. The summed E-state index contributed by atoms with van der Waals surface area (Å²) in [6.45, 7) is 2.73. The third-order valence-electron chi connectivity index (χ3n) is 3.05. The maximum atomic E-state index is 13.4. The highest BCUT2D eigenvalue weighted by Crippen LogP contribution is 2.19. The zero-order chi connectivity index (χ0) is 13.8. The van der Waals surface area contributed by atoms with Gasteiger partial charge in [0, 0.05) is 26.1 Å². The predicted molar refractivity (Wildman–Crippen MR) is 72.5 cm³/mol. The molecule has 0 radical (unpaired) electrons. The highest BCUT2D eigenvalue weighted by Gasteiger charge is 2.08. The van der Waals surface area contributed by atoms with Crippen molar-refractivity contribution in [3.63, 3.8) is 0 Å². The summed E-state index contributed by atoms with van der Waals surface area (Å²) in [6.07, 6.45) is 2.45. The Morgan fingerprint density at radius 1 is 1.47 bits per heavy atom. The number of hydrogen-bond donors (Lipinski definition) is 1. The SMILES string of the molecule is CC(NCCc1nncn1C)c1ccc(Cl)c(F)c1. The lowest BCUT2D eigenvalue weighted by Gasteiger charge is -2.14. The van der Waals surface area contributed by atoms with Gasteiger partial charge in [0.05, 0.1) is 5.02 Å². The molecule has 0 spiro atoms. The Balaban J connectivity index is 1.89. The van der Waals surface area contributed by atoms with Crippen LogP contribution in [0.5, 0.6) is 0 Å². The Morgan fingerprint density at radius 3 is 2.89 bits per heavy atom. The molecule has 1 heterocycles. The van der Waals surface area contributed by atoms with Crippen molar-refractivity contribution in [1.29, 1.82) is 0 Å². The van der Waals surface area contributed by atoms with Gasteiger partial charge >= 0.3 is 0 Å². The second-order valence-electron chi connectivity index (χ2n) is 4.46. The molecule has 0 bridgehead atoms. The van der Waals surface area contributed by atoms with E-state index in [-0.39, 0.29) is 16.9 Å². The highest BCUT2D eigenvalue weighted by molar-refractivity contribution is 6.30. The molecule has 1 aromatic carbocycles. The van der Waals surface area contributed by atoms with E-state index in [1.165, 1.54) is 6.07 Å². The molecule has 0 saturated carbocycles. The van der Waals surface area contributed by atoms with Crippen LogP contribution in [0, 0.1) is 5.82 Å². The first-order valence-electron chi connectivity index (χ1n) is 6.09. The van der Waals surface area contributed by atoms with Gasteiger partial charge in [-0.1, -0.05) is 17.7 Å². The first-order valence-corrected chi connectivity index (χ1v) is 6.47. The van der Waals surface area contributed by atoms with E-state index in [0.717, 1.165) is 24.4 Å². The fourth-order valence-corrected chi connectivity index (χ4v) is 1.95. The van der Waals surface area contributed by atoms with Crippen molar-refractivity contribution in [2.75, 3.05) is 6.54 Å². The minimum absolute atomic E-state index is 0.0556. The molecule has 0 aliphatic carbocycles. The molecular formula is C13H16ClFN4. The second-order valence-corrected chi connectivity index (χ2v) is 4.86. The van der Waals surface area contributed by atoms with E-state index in [0.29, 0.717) is 0 Å². The molecule has 1 unspecified atom stereocenters. The minimum Gasteiger partial charge on any atom is -0.321 e. The Hall–Kier alpha value is -1.46. The fraction of sp³-hybridized carbons (Fsp3) is 0.385. The van der Waals surface area contributed by atoms with Crippen molar-refractivity contribution in [2.45, 2.75) is 19.4 Å². The third-order valence-corrected chi connectivity index (χ3v) is 3.35. The molecular weight excluding hydrogens is 267 g/mol. The molecule has 0 fully saturated rings. The van der Waals surface area contributed by atoms with E-state index in [4.69, 9.17) is 11.6 Å². The topological polar surface area (TPSA) is 42.7 Å². The van der Waals surface area contributed by atoms with Gasteiger partial charge in [-0.3, -0.25) is 0 Å². The summed E-state index contributed by atoms with van der Waals surface area (Å²) in [7, 11) is 1.91. The number of benzene rings is 1. The smallest absolute Gasteiger partial charge is 0.142 e. The Bertz CT molecular complexity index is 555. The third kappa shape index (κ3) is 3.52. The van der Waals surface area contributed by atoms with E-state index in [1.807, 2.05) is 24.6 Å². The number of nitrogens with zero attached hydrogens (tertiary/aromatic N) is 3. The summed E-state index contributed by atoms with van der Waals surface area (Å²) in [5.74, 6) is 0.531. The standard InChI is InChI=1S/C13H16ClFN4/c1-9(10-3-4-11(14)12(15)7-10)16-6-5-13-18-17-8-19(13)2/h3-4,7-9,16H,5-6H2,1-2H3. The largest absolute Gasteiger partial charge is 0.321 e. The van der Waals surface area contributed by atoms with Gasteiger partial charge in [0.2, 0.25) is 0 Å². The average Bonchev–Trinajstić information content (AvgIpc) is 2.78. The first-order chi connectivity index (χ1) is 9.08. The molecule has 2 rings (SSSR count). The van der Waals surface area contributed by atoms with Crippen molar-refractivity contribution >= 4 is 11.6 Å². The van der Waals surface area contributed by atoms with Crippen LogP contribution in [-0.4, -0.2) is 21.3 Å². The van der Waals surface area contributed by atoms with Gasteiger partial charge in [-0.05, 0) is 24.6 Å². The van der Waals surface area contributed by atoms with E-state index < -0.39 is 0 Å². The Labute approximate surface area is 116 Å². The molecule has 0 aliphatic rings. The minimum atomic E-state index is -0.388. The summed E-state index contributed by atoms with van der Waals surface area (Å²) in [5, 5.41) is 11.3. The predicted octanol–water partition coefficient (Wildman–Crippen LogP) is 2.50. The Kier molecular flexibility index (Phi) is 4.50. The van der Waals surface area contributed by atoms with Crippen LogP contribution >= 0.6 is 11.6 Å². The summed E-state index contributed by atoms with van der Waals surface area (Å²) >= 11 is 5.66. The monoisotopic (exact) mass is 282 g/mol. The number of aromatic nitrogens is 3. The van der Waals surface area contributed by atoms with Crippen LogP contribution in [-0.2, 0) is 13.5 Å². The van der Waals surface area contributed by atoms with Gasteiger partial charge in [-0.15, -0.1) is 10.2 Å². The lowest BCUT2D eigenvalue weighted by molar-refractivity contribution is 0.557. The fourth-order valence-electron chi connectivity index (χ4n) is 1.83. The van der Waals surface area contributed by atoms with Gasteiger partial charge in [0.15, 0.2) is 0 Å². The van der Waals surface area contributed by atoms with Crippen LogP contribution in [0.2, 0.25) is 5.02 Å². The molecule has 1 aromatic heterocycles. The molecule has 1 atom stereocenters. The van der Waals surface area contributed by atoms with Crippen LogP contribution in [0.3, 0.4) is 0 Å². The average molecular weight is 283 g/mol. The number of halogens is 2. The summed E-state index contributed by atoms with van der Waals surface area (Å²) < 4.78 is 15.2. The summed E-state index contributed by atoms with van der Waals surface area (Å²) in [4.78, 5) is 0. The first kappa shape index (κ1) is 14.0. The Morgan fingerprint density at radius 2 is 2.26 bits per heavy atom. The molecule has 0 saturated heterocycles. The number of rotatable bonds is 5. The van der Waals surface area contributed by atoms with Crippen LogP contribution < -0.4 is 5.32 Å². The van der Waals surface area contributed by atoms with Gasteiger partial charge in [-0.2, -0.15) is 0 Å². The van der Waals surface area contributed by atoms with Gasteiger partial charge in [0.1, 0.15) is 18.0 Å². The number of nitrogens with one attached hydrogen (secondary N) is 1. The van der Waals surface area contributed by atoms with Crippen molar-refractivity contribution in [3.8, 4) is 0 Å². The van der Waals surface area contributed by atoms with Crippen LogP contribution in [0.25, 0.3) is 0 Å². The molecule has 2 aromatic rings. The number of aryl methyl sites for hydroxylation is 1. The molecule has 1 N–H and O–H groups in total. The van der Waals surface area contributed by atoms with Crippen molar-refractivity contribution in [1.82, 2.24) is 20.1 Å². The molecule has 0 amide bonds. The number of hydrogen-bond acceptors (Lipinski definition) is 3. The molecule has 102 valence electrons. The molecule has 0 aliphatic heterocycles. The lowest BCUT2D eigenvalue weighted by Crippen LogP contribution is -2.22. The van der Waals surface area contributed by atoms with Crippen LogP contribution in [0.4, 0.5) is 4.39 Å². The van der Waals surface area contributed by atoms with Gasteiger partial charge < -0.3 is 9.88 Å². The maximum Gasteiger partial charge on any atom is 0.142 e. The zero-order valence-corrected chi connectivity index (χ0v) is 11.7. The van der Waals surface area contributed by atoms with Crippen LogP contribution in [0.1, 0.15) is 24.4 Å². The van der Waals surface area contributed by atoms with Crippen molar-refractivity contribution in [2.24, 2.45) is 7.05 Å².